The minimum Gasteiger partial charge on any atom is -0.489 e. The van der Waals surface area contributed by atoms with Crippen LogP contribution in [0.15, 0.2) is 72.1 Å². The molecule has 0 radical (unpaired) electrons. The highest BCUT2D eigenvalue weighted by molar-refractivity contribution is 7.10. The lowest BCUT2D eigenvalue weighted by Crippen LogP contribution is -2.30. The first-order valence-corrected chi connectivity index (χ1v) is 9.71. The van der Waals surface area contributed by atoms with Crippen LogP contribution in [0.25, 0.3) is 0 Å². The van der Waals surface area contributed by atoms with Crippen LogP contribution < -0.4 is 10.1 Å². The number of nitrogens with one attached hydrogen (secondary N) is 1. The van der Waals surface area contributed by atoms with Gasteiger partial charge in [-0.25, -0.2) is 0 Å². The van der Waals surface area contributed by atoms with Gasteiger partial charge in [0.05, 0.1) is 19.6 Å². The average Bonchev–Trinajstić information content (AvgIpc) is 3.27. The monoisotopic (exact) mass is 395 g/mol. The number of carbonyl (C=O) groups excluding carboxylic acids is 2. The highest BCUT2D eigenvalue weighted by atomic mass is 32.1. The number of esters is 1. The Kier molecular flexibility index (Phi) is 6.81. The first-order chi connectivity index (χ1) is 13.7. The predicted octanol–water partition coefficient (Wildman–Crippen LogP) is 4.36. The van der Waals surface area contributed by atoms with Crippen molar-refractivity contribution in [2.24, 2.45) is 0 Å². The van der Waals surface area contributed by atoms with Gasteiger partial charge in [-0.2, -0.15) is 0 Å². The Balaban J connectivity index is 1.62. The Morgan fingerprint density at radius 1 is 1.00 bits per heavy atom. The van der Waals surface area contributed by atoms with E-state index in [1.54, 1.807) is 12.1 Å². The summed E-state index contributed by atoms with van der Waals surface area (Å²) >= 11 is 1.49. The smallest absolute Gasteiger partial charge is 0.307 e. The second-order valence-electron chi connectivity index (χ2n) is 6.12. The van der Waals surface area contributed by atoms with E-state index in [9.17, 15) is 9.59 Å². The quantitative estimate of drug-likeness (QED) is 0.576. The molecule has 0 saturated heterocycles. The molecule has 6 heteroatoms. The maximum absolute atomic E-state index is 12.6. The Labute approximate surface area is 167 Å². The van der Waals surface area contributed by atoms with Crippen molar-refractivity contribution < 1.29 is 19.1 Å². The fourth-order valence-corrected chi connectivity index (χ4v) is 3.42. The summed E-state index contributed by atoms with van der Waals surface area (Å²) in [6.07, 6.45) is 0.0890. The number of ether oxygens (including phenoxy) is 2. The van der Waals surface area contributed by atoms with Crippen molar-refractivity contribution in [3.8, 4) is 5.75 Å². The summed E-state index contributed by atoms with van der Waals surface area (Å²) in [7, 11) is 1.34. The van der Waals surface area contributed by atoms with Gasteiger partial charge in [0, 0.05) is 10.4 Å². The van der Waals surface area contributed by atoms with E-state index in [1.165, 1.54) is 18.4 Å². The highest BCUT2D eigenvalue weighted by Gasteiger charge is 2.20. The molecule has 0 aliphatic rings. The topological polar surface area (TPSA) is 64.6 Å². The minimum absolute atomic E-state index is 0.0890. The number of hydrogen-bond donors (Lipinski definition) is 1. The molecule has 2 aromatic carbocycles. The van der Waals surface area contributed by atoms with Crippen LogP contribution in [0, 0.1) is 0 Å². The Morgan fingerprint density at radius 3 is 2.39 bits per heavy atom. The molecule has 0 aliphatic heterocycles. The number of methoxy groups -OCH3 is 1. The molecule has 144 valence electrons. The molecule has 1 aromatic heterocycles. The lowest BCUT2D eigenvalue weighted by Gasteiger charge is -2.16. The van der Waals surface area contributed by atoms with Crippen LogP contribution >= 0.6 is 11.3 Å². The molecule has 1 amide bonds. The van der Waals surface area contributed by atoms with Crippen molar-refractivity contribution in [1.29, 1.82) is 0 Å². The van der Waals surface area contributed by atoms with Crippen LogP contribution in [0.2, 0.25) is 0 Å². The van der Waals surface area contributed by atoms with Crippen LogP contribution in [-0.4, -0.2) is 19.0 Å². The molecule has 1 atom stereocenters. The van der Waals surface area contributed by atoms with Crippen LogP contribution in [-0.2, 0) is 16.1 Å². The van der Waals surface area contributed by atoms with Crippen LogP contribution in [0.3, 0.4) is 0 Å². The maximum Gasteiger partial charge on any atom is 0.307 e. The molecule has 5 nitrogen and oxygen atoms in total. The lowest BCUT2D eigenvalue weighted by molar-refractivity contribution is -0.141. The zero-order valence-electron chi connectivity index (χ0n) is 15.5. The summed E-state index contributed by atoms with van der Waals surface area (Å²) in [6, 6.07) is 20.2. The Morgan fingerprint density at radius 2 is 1.75 bits per heavy atom. The van der Waals surface area contributed by atoms with Gasteiger partial charge in [0.15, 0.2) is 0 Å². The number of hydrogen-bond acceptors (Lipinski definition) is 5. The summed E-state index contributed by atoms with van der Waals surface area (Å²) < 4.78 is 10.5. The van der Waals surface area contributed by atoms with E-state index >= 15 is 0 Å². The highest BCUT2D eigenvalue weighted by Crippen LogP contribution is 2.23. The lowest BCUT2D eigenvalue weighted by atomic mass is 10.1. The molecule has 0 spiro atoms. The van der Waals surface area contributed by atoms with Crippen molar-refractivity contribution in [3.05, 3.63) is 88.1 Å². The molecule has 28 heavy (non-hydrogen) atoms. The number of thiophene rings is 1. The van der Waals surface area contributed by atoms with Crippen LogP contribution in [0.1, 0.15) is 33.3 Å². The Hall–Kier alpha value is -3.12. The van der Waals surface area contributed by atoms with Crippen molar-refractivity contribution >= 4 is 23.2 Å². The fraction of sp³-hybridized carbons (Fsp3) is 0.182. The van der Waals surface area contributed by atoms with Gasteiger partial charge in [0.2, 0.25) is 0 Å². The van der Waals surface area contributed by atoms with Crippen molar-refractivity contribution in [2.45, 2.75) is 19.1 Å². The van der Waals surface area contributed by atoms with E-state index in [2.05, 4.69) is 5.32 Å². The number of para-hydroxylation sites is 1. The summed E-state index contributed by atoms with van der Waals surface area (Å²) in [4.78, 5) is 25.2. The fourth-order valence-electron chi connectivity index (χ4n) is 2.64. The molecule has 1 N–H and O–H groups in total. The molecule has 1 heterocycles. The van der Waals surface area contributed by atoms with E-state index in [4.69, 9.17) is 9.47 Å². The number of rotatable bonds is 8. The third-order valence-electron chi connectivity index (χ3n) is 4.16. The average molecular weight is 395 g/mol. The molecule has 0 saturated carbocycles. The van der Waals surface area contributed by atoms with Crippen molar-refractivity contribution in [2.75, 3.05) is 7.11 Å². The van der Waals surface area contributed by atoms with Crippen LogP contribution in [0.5, 0.6) is 5.75 Å². The first-order valence-electron chi connectivity index (χ1n) is 8.83. The second kappa shape index (κ2) is 9.71. The number of amides is 1. The van der Waals surface area contributed by atoms with Crippen LogP contribution in [0.4, 0.5) is 0 Å². The molecular formula is C22H21NO4S. The minimum atomic E-state index is -0.416. The number of benzene rings is 2. The van der Waals surface area contributed by atoms with E-state index in [0.717, 1.165) is 16.2 Å². The van der Waals surface area contributed by atoms with E-state index < -0.39 is 6.04 Å². The third-order valence-corrected chi connectivity index (χ3v) is 5.14. The van der Waals surface area contributed by atoms with Gasteiger partial charge < -0.3 is 14.8 Å². The van der Waals surface area contributed by atoms with Gasteiger partial charge in [-0.05, 0) is 41.3 Å². The molecule has 3 aromatic rings. The predicted molar refractivity (Wildman–Crippen MR) is 108 cm³/mol. The summed E-state index contributed by atoms with van der Waals surface area (Å²) in [5, 5.41) is 4.83. The van der Waals surface area contributed by atoms with Gasteiger partial charge in [-0.15, -0.1) is 11.3 Å². The normalized spacial score (nSPS) is 11.5. The van der Waals surface area contributed by atoms with Gasteiger partial charge >= 0.3 is 5.97 Å². The molecule has 1 unspecified atom stereocenters. The number of carbonyl (C=O) groups is 2. The third kappa shape index (κ3) is 5.44. The molecule has 3 rings (SSSR count). The molecule has 0 fully saturated rings. The van der Waals surface area contributed by atoms with E-state index in [0.29, 0.717) is 12.2 Å². The summed E-state index contributed by atoms with van der Waals surface area (Å²) in [6.45, 7) is 0.423. The van der Waals surface area contributed by atoms with E-state index in [-0.39, 0.29) is 18.3 Å². The van der Waals surface area contributed by atoms with Crippen molar-refractivity contribution in [1.82, 2.24) is 5.32 Å². The zero-order valence-corrected chi connectivity index (χ0v) is 16.3. The largest absolute Gasteiger partial charge is 0.489 e. The molecule has 0 bridgehead atoms. The first kappa shape index (κ1) is 19.6. The van der Waals surface area contributed by atoms with Gasteiger partial charge in [-0.1, -0.05) is 36.4 Å². The van der Waals surface area contributed by atoms with Gasteiger partial charge in [0.1, 0.15) is 12.4 Å². The van der Waals surface area contributed by atoms with Crippen molar-refractivity contribution in [3.63, 3.8) is 0 Å². The maximum atomic E-state index is 12.6. The zero-order chi connectivity index (χ0) is 19.8. The summed E-state index contributed by atoms with van der Waals surface area (Å²) in [5.74, 6) is 0.191. The summed E-state index contributed by atoms with van der Waals surface area (Å²) in [5.41, 5.74) is 1.49. The molecular weight excluding hydrogens is 374 g/mol. The Bertz CT molecular complexity index is 892. The van der Waals surface area contributed by atoms with Gasteiger partial charge in [-0.3, -0.25) is 9.59 Å². The second-order valence-corrected chi connectivity index (χ2v) is 7.10. The SMILES string of the molecule is COC(=O)CC(NC(=O)c1ccc(COc2ccccc2)cc1)c1cccs1. The standard InChI is InChI=1S/C22H21NO4S/c1-26-21(24)14-19(20-8-5-13-28-20)23-22(25)17-11-9-16(10-12-17)15-27-18-6-3-2-4-7-18/h2-13,19H,14-15H2,1H3,(H,23,25). The molecule has 0 aliphatic carbocycles. The van der Waals surface area contributed by atoms with E-state index in [1.807, 2.05) is 60.0 Å². The van der Waals surface area contributed by atoms with Gasteiger partial charge in [0.25, 0.3) is 5.91 Å².